The van der Waals surface area contributed by atoms with E-state index in [-0.39, 0.29) is 0 Å². The van der Waals surface area contributed by atoms with Crippen LogP contribution in [0.3, 0.4) is 0 Å². The van der Waals surface area contributed by atoms with Gasteiger partial charge in [-0.15, -0.1) is 0 Å². The van der Waals surface area contributed by atoms with Crippen molar-refractivity contribution in [1.29, 1.82) is 0 Å². The molecule has 0 radical (unpaired) electrons. The molecule has 4 rings (SSSR count). The zero-order valence-corrected chi connectivity index (χ0v) is 15.7. The average Bonchev–Trinajstić information content (AvgIpc) is 3.09. The van der Waals surface area contributed by atoms with Crippen molar-refractivity contribution in [2.75, 3.05) is 6.54 Å². The van der Waals surface area contributed by atoms with Gasteiger partial charge in [-0.05, 0) is 48.6 Å². The smallest absolute Gasteiger partial charge is 0.0456 e. The maximum Gasteiger partial charge on any atom is 0.0456 e. The molecule has 0 saturated heterocycles. The van der Waals surface area contributed by atoms with Crippen LogP contribution in [0.1, 0.15) is 36.3 Å². The number of hydrogen-bond acceptors (Lipinski definition) is 1. The molecule has 3 aromatic rings. The van der Waals surface area contributed by atoms with Crippen molar-refractivity contribution >= 4 is 22.5 Å². The SMILES string of the molecule is Clc1cccc(C2C=CCNC2CCCCc2c[nH]c3ccccc23)c1. The molecule has 0 fully saturated rings. The third-order valence-electron chi connectivity index (χ3n) is 5.39. The predicted octanol–water partition coefficient (Wildman–Crippen LogP) is 5.85. The van der Waals surface area contributed by atoms with E-state index in [0.717, 1.165) is 18.0 Å². The van der Waals surface area contributed by atoms with Gasteiger partial charge in [-0.25, -0.2) is 0 Å². The Kier molecular flexibility index (Phi) is 5.42. The molecular weight excluding hydrogens is 340 g/mol. The molecular formula is C23H25ClN2. The van der Waals surface area contributed by atoms with E-state index in [2.05, 4.69) is 65.0 Å². The second kappa shape index (κ2) is 8.11. The lowest BCUT2D eigenvalue weighted by Gasteiger charge is -2.29. The molecule has 1 aliphatic heterocycles. The third kappa shape index (κ3) is 3.87. The van der Waals surface area contributed by atoms with Crippen LogP contribution in [0.15, 0.2) is 66.9 Å². The summed E-state index contributed by atoms with van der Waals surface area (Å²) in [5, 5.41) is 5.86. The number of unbranched alkanes of at least 4 members (excludes halogenated alkanes) is 1. The van der Waals surface area contributed by atoms with E-state index in [9.17, 15) is 0 Å². The molecule has 2 unspecified atom stereocenters. The second-order valence-electron chi connectivity index (χ2n) is 7.13. The molecule has 0 amide bonds. The lowest BCUT2D eigenvalue weighted by atomic mass is 9.86. The van der Waals surface area contributed by atoms with Gasteiger partial charge in [0.05, 0.1) is 0 Å². The Labute approximate surface area is 160 Å². The van der Waals surface area contributed by atoms with E-state index in [1.807, 2.05) is 12.1 Å². The number of halogens is 1. The van der Waals surface area contributed by atoms with Gasteiger partial charge in [0.25, 0.3) is 0 Å². The Hall–Kier alpha value is -2.03. The van der Waals surface area contributed by atoms with E-state index >= 15 is 0 Å². The molecule has 2 aromatic carbocycles. The molecule has 0 spiro atoms. The van der Waals surface area contributed by atoms with Crippen LogP contribution in [0.25, 0.3) is 10.9 Å². The lowest BCUT2D eigenvalue weighted by molar-refractivity contribution is 0.432. The number of rotatable bonds is 6. The van der Waals surface area contributed by atoms with Crippen LogP contribution in [0, 0.1) is 0 Å². The lowest BCUT2D eigenvalue weighted by Crippen LogP contribution is -2.37. The summed E-state index contributed by atoms with van der Waals surface area (Å²) in [5.41, 5.74) is 3.98. The molecule has 0 bridgehead atoms. The first kappa shape index (κ1) is 17.4. The number of H-pyrrole nitrogens is 1. The van der Waals surface area contributed by atoms with Gasteiger partial charge in [0.2, 0.25) is 0 Å². The topological polar surface area (TPSA) is 27.8 Å². The summed E-state index contributed by atoms with van der Waals surface area (Å²) in [6, 6.07) is 17.3. The molecule has 0 aliphatic carbocycles. The number of hydrogen-bond donors (Lipinski definition) is 2. The summed E-state index contributed by atoms with van der Waals surface area (Å²) in [6.45, 7) is 0.962. The predicted molar refractivity (Wildman–Crippen MR) is 111 cm³/mol. The first-order valence-electron chi connectivity index (χ1n) is 9.52. The highest BCUT2D eigenvalue weighted by Gasteiger charge is 2.22. The summed E-state index contributed by atoms with van der Waals surface area (Å²) in [4.78, 5) is 3.38. The number of para-hydroxylation sites is 1. The molecule has 2 atom stereocenters. The summed E-state index contributed by atoms with van der Waals surface area (Å²) in [6.07, 6.45) is 11.5. The van der Waals surface area contributed by atoms with E-state index in [4.69, 9.17) is 11.6 Å². The van der Waals surface area contributed by atoms with Crippen LogP contribution < -0.4 is 5.32 Å². The summed E-state index contributed by atoms with van der Waals surface area (Å²) in [5.74, 6) is 0.413. The van der Waals surface area contributed by atoms with Gasteiger partial charge in [-0.1, -0.05) is 60.5 Å². The van der Waals surface area contributed by atoms with Crippen LogP contribution in [0.2, 0.25) is 5.02 Å². The van der Waals surface area contributed by atoms with Crippen LogP contribution >= 0.6 is 11.6 Å². The normalized spacial score (nSPS) is 19.9. The van der Waals surface area contributed by atoms with Crippen LogP contribution in [0.4, 0.5) is 0 Å². The fourth-order valence-corrected chi connectivity index (χ4v) is 4.25. The van der Waals surface area contributed by atoms with Crippen molar-refractivity contribution in [1.82, 2.24) is 10.3 Å². The largest absolute Gasteiger partial charge is 0.361 e. The van der Waals surface area contributed by atoms with Crippen molar-refractivity contribution in [3.63, 3.8) is 0 Å². The molecule has 2 N–H and O–H groups in total. The zero-order valence-electron chi connectivity index (χ0n) is 14.9. The van der Waals surface area contributed by atoms with Crippen LogP contribution in [0.5, 0.6) is 0 Å². The Balaban J connectivity index is 1.35. The Bertz CT molecular complexity index is 896. The highest BCUT2D eigenvalue weighted by molar-refractivity contribution is 6.30. The van der Waals surface area contributed by atoms with Gasteiger partial charge in [0.15, 0.2) is 0 Å². The minimum Gasteiger partial charge on any atom is -0.361 e. The zero-order chi connectivity index (χ0) is 17.8. The third-order valence-corrected chi connectivity index (χ3v) is 5.63. The number of fused-ring (bicyclic) bond motifs is 1. The Morgan fingerprint density at radius 1 is 1.04 bits per heavy atom. The molecule has 1 aliphatic rings. The van der Waals surface area contributed by atoms with Crippen LogP contribution in [-0.2, 0) is 6.42 Å². The van der Waals surface area contributed by atoms with Crippen molar-refractivity contribution in [2.24, 2.45) is 0 Å². The molecule has 1 aromatic heterocycles. The molecule has 2 heterocycles. The molecule has 26 heavy (non-hydrogen) atoms. The minimum absolute atomic E-state index is 0.413. The minimum atomic E-state index is 0.413. The molecule has 2 nitrogen and oxygen atoms in total. The van der Waals surface area contributed by atoms with E-state index in [1.165, 1.54) is 41.3 Å². The molecule has 0 saturated carbocycles. The molecule has 134 valence electrons. The summed E-state index contributed by atoms with van der Waals surface area (Å²) in [7, 11) is 0. The average molecular weight is 365 g/mol. The monoisotopic (exact) mass is 364 g/mol. The first-order chi connectivity index (χ1) is 12.8. The van der Waals surface area contributed by atoms with E-state index < -0.39 is 0 Å². The second-order valence-corrected chi connectivity index (χ2v) is 7.57. The summed E-state index contributed by atoms with van der Waals surface area (Å²) < 4.78 is 0. The number of nitrogens with one attached hydrogen (secondary N) is 2. The van der Waals surface area contributed by atoms with Gasteiger partial charge in [0, 0.05) is 40.6 Å². The Morgan fingerprint density at radius 2 is 1.96 bits per heavy atom. The maximum atomic E-state index is 6.20. The highest BCUT2D eigenvalue weighted by Crippen LogP contribution is 2.29. The molecule has 3 heteroatoms. The Morgan fingerprint density at radius 3 is 2.88 bits per heavy atom. The van der Waals surface area contributed by atoms with Crippen molar-refractivity contribution in [2.45, 2.75) is 37.6 Å². The maximum absolute atomic E-state index is 6.20. The van der Waals surface area contributed by atoms with E-state index in [1.54, 1.807) is 0 Å². The number of aryl methyl sites for hydroxylation is 1. The fourth-order valence-electron chi connectivity index (χ4n) is 4.05. The first-order valence-corrected chi connectivity index (χ1v) is 9.89. The van der Waals surface area contributed by atoms with E-state index in [0.29, 0.717) is 12.0 Å². The number of aromatic amines is 1. The standard InChI is InChI=1S/C23H25ClN2/c24-19-9-5-8-17(15-19)20-11-6-14-25-22(20)12-3-1-7-18-16-26-23-13-4-2-10-21(18)23/h2,4-6,8-11,13,15-16,20,22,25-26H,1,3,7,12,14H2. The fraction of sp³-hybridized carbons (Fsp3) is 0.304. The van der Waals surface area contributed by atoms with Gasteiger partial charge in [-0.2, -0.15) is 0 Å². The van der Waals surface area contributed by atoms with Gasteiger partial charge < -0.3 is 10.3 Å². The summed E-state index contributed by atoms with van der Waals surface area (Å²) >= 11 is 6.20. The van der Waals surface area contributed by atoms with Gasteiger partial charge >= 0.3 is 0 Å². The quantitative estimate of drug-likeness (QED) is 0.417. The van der Waals surface area contributed by atoms with Crippen molar-refractivity contribution in [3.05, 3.63) is 83.0 Å². The van der Waals surface area contributed by atoms with Gasteiger partial charge in [-0.3, -0.25) is 0 Å². The van der Waals surface area contributed by atoms with Crippen molar-refractivity contribution < 1.29 is 0 Å². The van der Waals surface area contributed by atoms with Crippen molar-refractivity contribution in [3.8, 4) is 0 Å². The highest BCUT2D eigenvalue weighted by atomic mass is 35.5. The van der Waals surface area contributed by atoms with Crippen LogP contribution in [-0.4, -0.2) is 17.6 Å². The van der Waals surface area contributed by atoms with Gasteiger partial charge in [0.1, 0.15) is 0 Å². The number of benzene rings is 2. The number of aromatic nitrogens is 1.